The fourth-order valence-corrected chi connectivity index (χ4v) is 4.92. The SMILES string of the molecule is CC(C)(C)OC(=O)Nc1nc(/C(=N/OC(c2ccccc2)(c2ccccc2)c2ccccc2)C(=O)n2cncn2)cs1. The number of benzene rings is 3. The van der Waals surface area contributed by atoms with E-state index < -0.39 is 23.2 Å². The summed E-state index contributed by atoms with van der Waals surface area (Å²) in [5, 5.41) is 12.9. The molecule has 0 aliphatic heterocycles. The van der Waals surface area contributed by atoms with Crippen molar-refractivity contribution in [1.82, 2.24) is 19.7 Å². The highest BCUT2D eigenvalue weighted by Gasteiger charge is 2.40. The van der Waals surface area contributed by atoms with Crippen molar-refractivity contribution in [3.05, 3.63) is 131 Å². The van der Waals surface area contributed by atoms with Crippen molar-refractivity contribution in [1.29, 1.82) is 0 Å². The summed E-state index contributed by atoms with van der Waals surface area (Å²) in [6, 6.07) is 28.9. The van der Waals surface area contributed by atoms with Crippen LogP contribution in [0, 0.1) is 0 Å². The minimum absolute atomic E-state index is 0.138. The third kappa shape index (κ3) is 6.26. The van der Waals surface area contributed by atoms with Gasteiger partial charge in [0.1, 0.15) is 23.9 Å². The summed E-state index contributed by atoms with van der Waals surface area (Å²) in [5.74, 6) is -0.621. The molecule has 0 spiro atoms. The van der Waals surface area contributed by atoms with E-state index in [1.165, 1.54) is 12.7 Å². The molecule has 0 radical (unpaired) electrons. The number of hydrogen-bond donors (Lipinski definition) is 1. The van der Waals surface area contributed by atoms with E-state index in [-0.39, 0.29) is 16.5 Å². The number of thiazole rings is 1. The zero-order valence-electron chi connectivity index (χ0n) is 23.2. The number of hydrogen-bond acceptors (Lipinski definition) is 9. The molecule has 2 aromatic heterocycles. The van der Waals surface area contributed by atoms with Crippen molar-refractivity contribution >= 4 is 34.2 Å². The first-order valence-corrected chi connectivity index (χ1v) is 13.9. The summed E-state index contributed by atoms with van der Waals surface area (Å²) < 4.78 is 6.37. The molecule has 5 rings (SSSR count). The second kappa shape index (κ2) is 12.1. The van der Waals surface area contributed by atoms with Crippen LogP contribution in [-0.2, 0) is 15.2 Å². The van der Waals surface area contributed by atoms with E-state index in [9.17, 15) is 9.59 Å². The number of ether oxygens (including phenoxy) is 1. The van der Waals surface area contributed by atoms with E-state index >= 15 is 0 Å². The Morgan fingerprint density at radius 1 is 0.857 bits per heavy atom. The summed E-state index contributed by atoms with van der Waals surface area (Å²) in [4.78, 5) is 40.9. The number of oxime groups is 1. The zero-order valence-corrected chi connectivity index (χ0v) is 24.0. The van der Waals surface area contributed by atoms with Gasteiger partial charge in [-0.1, -0.05) is 96.2 Å². The smallest absolute Gasteiger partial charge is 0.413 e. The second-order valence-corrected chi connectivity index (χ2v) is 11.0. The minimum atomic E-state index is -1.23. The fourth-order valence-electron chi connectivity index (χ4n) is 4.24. The Kier molecular flexibility index (Phi) is 8.21. The highest BCUT2D eigenvalue weighted by Crippen LogP contribution is 2.40. The zero-order chi connectivity index (χ0) is 29.6. The molecule has 1 N–H and O–H groups in total. The topological polar surface area (TPSA) is 121 Å². The molecule has 212 valence electrons. The van der Waals surface area contributed by atoms with Gasteiger partial charge in [0.05, 0.1) is 0 Å². The van der Waals surface area contributed by atoms with Crippen molar-refractivity contribution in [2.24, 2.45) is 5.16 Å². The van der Waals surface area contributed by atoms with Crippen molar-refractivity contribution < 1.29 is 19.2 Å². The maximum atomic E-state index is 13.7. The maximum absolute atomic E-state index is 13.7. The standard InChI is InChI=1S/C31H28N6O4S/c1-30(2,3)40-29(39)35-28-34-25(19-42-28)26(27(38)37-21-32-20-33-37)36-41-31(22-13-7-4-8-14-22,23-15-9-5-10-16-23)24-17-11-6-12-18-24/h4-21H,1-3H3,(H,34,35,39)/b36-26-. The van der Waals surface area contributed by atoms with Crippen LogP contribution in [0.1, 0.15) is 48.0 Å². The third-order valence-electron chi connectivity index (χ3n) is 6.00. The Morgan fingerprint density at radius 2 is 1.40 bits per heavy atom. The quantitative estimate of drug-likeness (QED) is 0.133. The minimum Gasteiger partial charge on any atom is -0.444 e. The molecule has 42 heavy (non-hydrogen) atoms. The maximum Gasteiger partial charge on any atom is 0.413 e. The van der Waals surface area contributed by atoms with Gasteiger partial charge in [0.2, 0.25) is 5.60 Å². The number of carbonyl (C=O) groups is 2. The predicted molar refractivity (Wildman–Crippen MR) is 159 cm³/mol. The van der Waals surface area contributed by atoms with E-state index in [1.54, 1.807) is 26.2 Å². The van der Waals surface area contributed by atoms with Gasteiger partial charge in [-0.05, 0) is 20.8 Å². The number of anilines is 1. The molecule has 0 bridgehead atoms. The number of aromatic nitrogens is 4. The van der Waals surface area contributed by atoms with Gasteiger partial charge in [0.15, 0.2) is 10.8 Å². The Labute approximate surface area is 246 Å². The van der Waals surface area contributed by atoms with Gasteiger partial charge in [-0.25, -0.2) is 14.8 Å². The lowest BCUT2D eigenvalue weighted by Gasteiger charge is -2.33. The summed E-state index contributed by atoms with van der Waals surface area (Å²) in [5.41, 5.74) is 0.503. The van der Waals surface area contributed by atoms with Crippen molar-refractivity contribution in [3.63, 3.8) is 0 Å². The molecule has 2 heterocycles. The number of nitrogens with zero attached hydrogens (tertiary/aromatic N) is 5. The fraction of sp³-hybridized carbons (Fsp3) is 0.161. The largest absolute Gasteiger partial charge is 0.444 e. The van der Waals surface area contributed by atoms with Crippen LogP contribution in [0.3, 0.4) is 0 Å². The predicted octanol–water partition coefficient (Wildman–Crippen LogP) is 6.13. The highest BCUT2D eigenvalue weighted by atomic mass is 32.1. The van der Waals surface area contributed by atoms with E-state index in [0.717, 1.165) is 32.7 Å². The molecule has 1 amide bonds. The number of carbonyl (C=O) groups excluding carboxylic acids is 2. The molecule has 3 aromatic carbocycles. The van der Waals surface area contributed by atoms with E-state index in [0.29, 0.717) is 0 Å². The van der Waals surface area contributed by atoms with Crippen LogP contribution in [0.5, 0.6) is 0 Å². The molecule has 0 unspecified atom stereocenters. The molecule has 0 saturated carbocycles. The summed E-state index contributed by atoms with van der Waals surface area (Å²) in [6.07, 6.45) is 1.84. The highest BCUT2D eigenvalue weighted by molar-refractivity contribution is 7.14. The van der Waals surface area contributed by atoms with Crippen molar-refractivity contribution in [3.8, 4) is 0 Å². The van der Waals surface area contributed by atoms with Gasteiger partial charge in [-0.3, -0.25) is 10.1 Å². The first-order valence-electron chi connectivity index (χ1n) is 13.0. The number of nitrogens with one attached hydrogen (secondary N) is 1. The molecule has 0 aliphatic carbocycles. The first-order chi connectivity index (χ1) is 20.3. The summed E-state index contributed by atoms with van der Waals surface area (Å²) >= 11 is 1.11. The molecule has 0 saturated heterocycles. The van der Waals surface area contributed by atoms with Gasteiger partial charge >= 0.3 is 12.0 Å². The Balaban J connectivity index is 1.62. The lowest BCUT2D eigenvalue weighted by molar-refractivity contribution is 0.0169. The van der Waals surface area contributed by atoms with Gasteiger partial charge in [0.25, 0.3) is 0 Å². The molecule has 11 heteroatoms. The molecule has 0 fully saturated rings. The molecule has 10 nitrogen and oxygen atoms in total. The summed E-state index contributed by atoms with van der Waals surface area (Å²) in [6.45, 7) is 5.28. The Hall–Kier alpha value is -5.16. The lowest BCUT2D eigenvalue weighted by atomic mass is 9.80. The van der Waals surface area contributed by atoms with Crippen molar-refractivity contribution in [2.45, 2.75) is 32.0 Å². The van der Waals surface area contributed by atoms with Crippen LogP contribution >= 0.6 is 11.3 Å². The van der Waals surface area contributed by atoms with Crippen LogP contribution in [0.15, 0.2) is 114 Å². The van der Waals surface area contributed by atoms with Crippen LogP contribution in [0.25, 0.3) is 0 Å². The molecular weight excluding hydrogens is 552 g/mol. The van der Waals surface area contributed by atoms with Crippen LogP contribution in [0.4, 0.5) is 9.93 Å². The van der Waals surface area contributed by atoms with E-state index in [2.05, 4.69) is 25.5 Å². The normalized spacial score (nSPS) is 12.0. The molecule has 5 aromatic rings. The summed E-state index contributed by atoms with van der Waals surface area (Å²) in [7, 11) is 0. The average Bonchev–Trinajstić information content (AvgIpc) is 3.69. The number of amides is 1. The molecule has 0 atom stereocenters. The average molecular weight is 581 g/mol. The monoisotopic (exact) mass is 580 g/mol. The van der Waals surface area contributed by atoms with Gasteiger partial charge < -0.3 is 9.57 Å². The molecular formula is C31H28N6O4S. The Morgan fingerprint density at radius 3 is 1.88 bits per heavy atom. The van der Waals surface area contributed by atoms with E-state index in [1.807, 2.05) is 91.0 Å². The van der Waals surface area contributed by atoms with Gasteiger partial charge in [0, 0.05) is 22.1 Å². The van der Waals surface area contributed by atoms with Crippen molar-refractivity contribution in [2.75, 3.05) is 5.32 Å². The van der Waals surface area contributed by atoms with Crippen LogP contribution < -0.4 is 5.32 Å². The Bertz CT molecular complexity index is 1570. The van der Waals surface area contributed by atoms with E-state index in [4.69, 9.17) is 9.57 Å². The van der Waals surface area contributed by atoms with Gasteiger partial charge in [-0.2, -0.15) is 9.78 Å². The van der Waals surface area contributed by atoms with Crippen LogP contribution in [0.2, 0.25) is 0 Å². The molecule has 0 aliphatic rings. The lowest BCUT2D eigenvalue weighted by Crippen LogP contribution is -2.33. The van der Waals surface area contributed by atoms with Gasteiger partial charge in [-0.15, -0.1) is 11.3 Å². The first kappa shape index (κ1) is 28.4. The van der Waals surface area contributed by atoms with Crippen LogP contribution in [-0.4, -0.2) is 43.1 Å². The second-order valence-electron chi connectivity index (χ2n) is 10.1. The third-order valence-corrected chi connectivity index (χ3v) is 6.76. The number of rotatable bonds is 8.